The molecule has 154 valence electrons. The first-order valence-electron chi connectivity index (χ1n) is 9.05. The van der Waals surface area contributed by atoms with E-state index in [2.05, 4.69) is 8.73 Å². The smallest absolute Gasteiger partial charge is 0.193 e. The number of hydrogen-bond donors (Lipinski definition) is 0. The molecule has 0 saturated heterocycles. The summed E-state index contributed by atoms with van der Waals surface area (Å²) in [5.74, 6) is 0. The summed E-state index contributed by atoms with van der Waals surface area (Å²) in [7, 11) is -2.78. The van der Waals surface area contributed by atoms with E-state index in [0.29, 0.717) is 22.6 Å². The highest BCUT2D eigenvalue weighted by Gasteiger charge is 2.14. The van der Waals surface area contributed by atoms with Crippen molar-refractivity contribution in [1.82, 2.24) is 0 Å². The van der Waals surface area contributed by atoms with E-state index in [1.807, 2.05) is 38.1 Å². The fourth-order valence-corrected chi connectivity index (χ4v) is 4.97. The lowest BCUT2D eigenvalue weighted by Gasteiger charge is -2.12. The number of hydrogen-bond acceptors (Lipinski definition) is 6. The molecule has 2 atom stereocenters. The van der Waals surface area contributed by atoms with Crippen molar-refractivity contribution < 1.29 is 16.8 Å². The standard InChI is InChI=1S/C20H28N2O4S2/c1-17-7-11-19(12-8-17)27(23,21-3)25-15-5-6-16-26-28(24,22-4)20-13-9-18(2)10-14-20/h7-14H,5-6,15-16H2,1-4H3. The van der Waals surface area contributed by atoms with Gasteiger partial charge in [0.2, 0.25) is 0 Å². The van der Waals surface area contributed by atoms with Crippen LogP contribution >= 0.6 is 0 Å². The molecule has 0 spiro atoms. The maximum atomic E-state index is 12.8. The van der Waals surface area contributed by atoms with Gasteiger partial charge in [-0.25, -0.2) is 17.1 Å². The van der Waals surface area contributed by atoms with Gasteiger partial charge in [-0.1, -0.05) is 35.4 Å². The van der Waals surface area contributed by atoms with Crippen LogP contribution in [0.3, 0.4) is 0 Å². The van der Waals surface area contributed by atoms with Crippen LogP contribution in [0.25, 0.3) is 0 Å². The predicted octanol–water partition coefficient (Wildman–Crippen LogP) is 4.56. The highest BCUT2D eigenvalue weighted by atomic mass is 32.2. The minimum Gasteiger partial charge on any atom is -0.281 e. The molecule has 0 aliphatic carbocycles. The SMILES string of the molecule is CN=S(=O)(OCCCCOS(=O)(=NC)c1ccc(C)cc1)c1ccc(C)cc1. The first-order chi connectivity index (χ1) is 13.3. The molecule has 6 nitrogen and oxygen atoms in total. The molecule has 0 bridgehead atoms. The minimum atomic E-state index is -2.88. The number of unbranched alkanes of at least 4 members (excludes halogenated alkanes) is 1. The van der Waals surface area contributed by atoms with E-state index in [0.717, 1.165) is 11.1 Å². The van der Waals surface area contributed by atoms with Crippen LogP contribution in [0.5, 0.6) is 0 Å². The van der Waals surface area contributed by atoms with Gasteiger partial charge in [-0.2, -0.15) is 0 Å². The summed E-state index contributed by atoms with van der Waals surface area (Å²) in [6, 6.07) is 14.6. The van der Waals surface area contributed by atoms with Crippen LogP contribution in [-0.2, 0) is 28.4 Å². The molecule has 0 aliphatic rings. The Morgan fingerprint density at radius 1 is 0.679 bits per heavy atom. The lowest BCUT2D eigenvalue weighted by Crippen LogP contribution is -2.10. The monoisotopic (exact) mass is 424 g/mol. The summed E-state index contributed by atoms with van der Waals surface area (Å²) >= 11 is 0. The van der Waals surface area contributed by atoms with Gasteiger partial charge in [-0.05, 0) is 51.0 Å². The average molecular weight is 425 g/mol. The van der Waals surface area contributed by atoms with Gasteiger partial charge in [-0.15, -0.1) is 0 Å². The van der Waals surface area contributed by atoms with Crippen molar-refractivity contribution in [3.05, 3.63) is 59.7 Å². The summed E-state index contributed by atoms with van der Waals surface area (Å²) in [5, 5.41) is 0. The number of rotatable bonds is 9. The molecule has 28 heavy (non-hydrogen) atoms. The van der Waals surface area contributed by atoms with Gasteiger partial charge in [0.1, 0.15) is 0 Å². The maximum Gasteiger partial charge on any atom is 0.193 e. The van der Waals surface area contributed by atoms with E-state index in [1.165, 1.54) is 14.1 Å². The zero-order valence-electron chi connectivity index (χ0n) is 16.8. The molecule has 0 saturated carbocycles. The lowest BCUT2D eigenvalue weighted by atomic mass is 10.2. The first-order valence-corrected chi connectivity index (χ1v) is 11.9. The molecule has 2 aromatic carbocycles. The van der Waals surface area contributed by atoms with Crippen molar-refractivity contribution in [2.45, 2.75) is 36.5 Å². The molecule has 0 fully saturated rings. The summed E-state index contributed by atoms with van der Waals surface area (Å²) in [4.78, 5) is 1.12. The molecule has 0 aliphatic heterocycles. The second-order valence-electron chi connectivity index (χ2n) is 6.29. The van der Waals surface area contributed by atoms with Crippen molar-refractivity contribution in [1.29, 1.82) is 0 Å². The largest absolute Gasteiger partial charge is 0.281 e. The van der Waals surface area contributed by atoms with Gasteiger partial charge in [0.15, 0.2) is 20.0 Å². The van der Waals surface area contributed by atoms with Gasteiger partial charge < -0.3 is 0 Å². The van der Waals surface area contributed by atoms with Crippen molar-refractivity contribution in [2.24, 2.45) is 8.73 Å². The third-order valence-corrected chi connectivity index (χ3v) is 7.81. The Morgan fingerprint density at radius 3 is 1.29 bits per heavy atom. The second-order valence-corrected chi connectivity index (χ2v) is 10.3. The highest BCUT2D eigenvalue weighted by molar-refractivity contribution is 7.89. The average Bonchev–Trinajstić information content (AvgIpc) is 2.71. The van der Waals surface area contributed by atoms with E-state index >= 15 is 0 Å². The fraction of sp³-hybridized carbons (Fsp3) is 0.400. The molecular formula is C20H28N2O4S2. The van der Waals surface area contributed by atoms with E-state index in [9.17, 15) is 8.42 Å². The summed E-state index contributed by atoms with van der Waals surface area (Å²) in [6.45, 7) is 4.46. The van der Waals surface area contributed by atoms with Gasteiger partial charge in [0.05, 0.1) is 23.0 Å². The Bertz CT molecular complexity index is 916. The fourth-order valence-electron chi connectivity index (χ4n) is 2.42. The normalized spacial score (nSPS) is 15.4. The number of nitrogens with zero attached hydrogens (tertiary/aromatic N) is 2. The number of aryl methyl sites for hydroxylation is 2. The van der Waals surface area contributed by atoms with Crippen LogP contribution in [0.4, 0.5) is 0 Å². The molecule has 2 aromatic rings. The molecule has 0 aromatic heterocycles. The topological polar surface area (TPSA) is 77.3 Å². The van der Waals surface area contributed by atoms with E-state index in [-0.39, 0.29) is 13.2 Å². The highest BCUT2D eigenvalue weighted by Crippen LogP contribution is 2.18. The maximum absolute atomic E-state index is 12.8. The van der Waals surface area contributed by atoms with Crippen LogP contribution in [0, 0.1) is 13.8 Å². The summed E-state index contributed by atoms with van der Waals surface area (Å²) in [6.07, 6.45) is 1.21. The van der Waals surface area contributed by atoms with Gasteiger partial charge >= 0.3 is 0 Å². The molecule has 0 amide bonds. The molecule has 0 heterocycles. The van der Waals surface area contributed by atoms with E-state index < -0.39 is 20.0 Å². The zero-order valence-corrected chi connectivity index (χ0v) is 18.4. The van der Waals surface area contributed by atoms with Crippen molar-refractivity contribution in [3.8, 4) is 0 Å². The second kappa shape index (κ2) is 10.2. The summed E-state index contributed by atoms with van der Waals surface area (Å²) < 4.78 is 44.7. The molecule has 0 radical (unpaired) electrons. The zero-order chi connectivity index (χ0) is 20.6. The van der Waals surface area contributed by atoms with Gasteiger partial charge in [0, 0.05) is 14.1 Å². The third kappa shape index (κ3) is 5.88. The van der Waals surface area contributed by atoms with Crippen molar-refractivity contribution in [3.63, 3.8) is 0 Å². The van der Waals surface area contributed by atoms with E-state index in [4.69, 9.17) is 8.37 Å². The summed E-state index contributed by atoms with van der Waals surface area (Å²) in [5.41, 5.74) is 2.16. The minimum absolute atomic E-state index is 0.266. The van der Waals surface area contributed by atoms with Crippen LogP contribution in [0.1, 0.15) is 24.0 Å². The molecule has 2 rings (SSSR count). The van der Waals surface area contributed by atoms with E-state index in [1.54, 1.807) is 24.3 Å². The van der Waals surface area contributed by atoms with Gasteiger partial charge in [0.25, 0.3) is 0 Å². The Labute approximate surface area is 169 Å². The molecular weight excluding hydrogens is 396 g/mol. The van der Waals surface area contributed by atoms with Gasteiger partial charge in [-0.3, -0.25) is 8.37 Å². The van der Waals surface area contributed by atoms with Crippen molar-refractivity contribution >= 4 is 20.0 Å². The Kier molecular flexibility index (Phi) is 8.18. The predicted molar refractivity (Wildman–Crippen MR) is 113 cm³/mol. The Hall–Kier alpha value is -1.74. The third-order valence-electron chi connectivity index (χ3n) is 4.14. The Morgan fingerprint density at radius 2 is 1.00 bits per heavy atom. The van der Waals surface area contributed by atoms with Crippen LogP contribution in [0.2, 0.25) is 0 Å². The Balaban J connectivity index is 1.85. The van der Waals surface area contributed by atoms with Crippen LogP contribution in [-0.4, -0.2) is 35.7 Å². The van der Waals surface area contributed by atoms with Crippen molar-refractivity contribution in [2.75, 3.05) is 27.3 Å². The quantitative estimate of drug-likeness (QED) is 0.553. The number of benzene rings is 2. The van der Waals surface area contributed by atoms with Crippen LogP contribution < -0.4 is 0 Å². The molecule has 8 heteroatoms. The molecule has 0 N–H and O–H groups in total. The molecule has 2 unspecified atom stereocenters. The van der Waals surface area contributed by atoms with Crippen LogP contribution in [0.15, 0.2) is 67.0 Å². The first kappa shape index (κ1) is 22.5. The lowest BCUT2D eigenvalue weighted by molar-refractivity contribution is 0.287.